The van der Waals surface area contributed by atoms with E-state index in [2.05, 4.69) is 15.2 Å². The van der Waals surface area contributed by atoms with Crippen molar-refractivity contribution in [3.8, 4) is 0 Å². The zero-order valence-corrected chi connectivity index (χ0v) is 12.9. The molecule has 7 heteroatoms. The Kier molecular flexibility index (Phi) is 4.72. The van der Waals surface area contributed by atoms with Crippen LogP contribution < -0.4 is 11.1 Å². The standard InChI is InChI=1S/C14H22N4O2S/c15-14-16-9-12(21-14)13(19)17-10-1-5-18(6-2-10)11-3-7-20-8-4-11/h9-11H,1-8H2,(H2,15,16)(H,17,19). The van der Waals surface area contributed by atoms with Gasteiger partial charge in [-0.3, -0.25) is 4.79 Å². The Hall–Kier alpha value is -1.18. The number of carbonyl (C=O) groups is 1. The fourth-order valence-electron chi connectivity index (χ4n) is 3.11. The maximum Gasteiger partial charge on any atom is 0.263 e. The van der Waals surface area contributed by atoms with Gasteiger partial charge in [-0.15, -0.1) is 0 Å². The maximum absolute atomic E-state index is 12.1. The van der Waals surface area contributed by atoms with E-state index in [-0.39, 0.29) is 11.9 Å². The van der Waals surface area contributed by atoms with Gasteiger partial charge in [0, 0.05) is 38.4 Å². The lowest BCUT2D eigenvalue weighted by Gasteiger charge is -2.39. The van der Waals surface area contributed by atoms with Gasteiger partial charge in [0.15, 0.2) is 5.13 Å². The molecule has 3 rings (SSSR count). The summed E-state index contributed by atoms with van der Waals surface area (Å²) in [5, 5.41) is 3.54. The zero-order valence-electron chi connectivity index (χ0n) is 12.1. The van der Waals surface area contributed by atoms with Crippen molar-refractivity contribution in [1.82, 2.24) is 15.2 Å². The highest BCUT2D eigenvalue weighted by Crippen LogP contribution is 2.21. The predicted octanol–water partition coefficient (Wildman–Crippen LogP) is 1.10. The number of hydrogen-bond donors (Lipinski definition) is 2. The fourth-order valence-corrected chi connectivity index (χ4v) is 3.70. The van der Waals surface area contributed by atoms with Crippen molar-refractivity contribution in [2.24, 2.45) is 0 Å². The quantitative estimate of drug-likeness (QED) is 0.874. The average molecular weight is 310 g/mol. The normalized spacial score (nSPS) is 22.3. The van der Waals surface area contributed by atoms with Gasteiger partial charge in [-0.1, -0.05) is 11.3 Å². The van der Waals surface area contributed by atoms with E-state index in [4.69, 9.17) is 10.5 Å². The second-order valence-electron chi connectivity index (χ2n) is 5.69. The highest BCUT2D eigenvalue weighted by molar-refractivity contribution is 7.17. The van der Waals surface area contributed by atoms with Crippen LogP contribution in [0.15, 0.2) is 6.20 Å². The van der Waals surface area contributed by atoms with Gasteiger partial charge in [0.05, 0.1) is 6.20 Å². The summed E-state index contributed by atoms with van der Waals surface area (Å²) in [5.74, 6) is -0.0475. The van der Waals surface area contributed by atoms with Gasteiger partial charge < -0.3 is 20.7 Å². The summed E-state index contributed by atoms with van der Waals surface area (Å²) in [6, 6.07) is 0.925. The SMILES string of the molecule is Nc1ncc(C(=O)NC2CCN(C3CCOCC3)CC2)s1. The van der Waals surface area contributed by atoms with Crippen molar-refractivity contribution >= 4 is 22.4 Å². The van der Waals surface area contributed by atoms with Gasteiger partial charge in [-0.2, -0.15) is 0 Å². The minimum absolute atomic E-state index is 0.0475. The molecule has 6 nitrogen and oxygen atoms in total. The Balaban J connectivity index is 1.46. The summed E-state index contributed by atoms with van der Waals surface area (Å²) >= 11 is 1.24. The molecule has 0 radical (unpaired) electrons. The highest BCUT2D eigenvalue weighted by atomic mass is 32.1. The summed E-state index contributed by atoms with van der Waals surface area (Å²) in [5.41, 5.74) is 5.56. The lowest BCUT2D eigenvalue weighted by molar-refractivity contribution is 0.0239. The number of amides is 1. The number of hydrogen-bond acceptors (Lipinski definition) is 6. The third-order valence-corrected chi connectivity index (χ3v) is 5.14. The smallest absolute Gasteiger partial charge is 0.263 e. The van der Waals surface area contributed by atoms with E-state index >= 15 is 0 Å². The molecule has 116 valence electrons. The highest BCUT2D eigenvalue weighted by Gasteiger charge is 2.27. The molecule has 1 aromatic heterocycles. The molecule has 3 N–H and O–H groups in total. The van der Waals surface area contributed by atoms with Crippen LogP contribution in [0, 0.1) is 0 Å². The van der Waals surface area contributed by atoms with Gasteiger partial charge in [0.2, 0.25) is 0 Å². The molecule has 2 aliphatic heterocycles. The number of nitrogens with two attached hydrogens (primary N) is 1. The molecule has 3 heterocycles. The van der Waals surface area contributed by atoms with Crippen molar-refractivity contribution in [2.75, 3.05) is 32.0 Å². The summed E-state index contributed by atoms with van der Waals surface area (Å²) in [6.45, 7) is 3.88. The Morgan fingerprint density at radius 2 is 2.05 bits per heavy atom. The van der Waals surface area contributed by atoms with Crippen LogP contribution in [0.4, 0.5) is 5.13 Å². The van der Waals surface area contributed by atoms with E-state index in [9.17, 15) is 4.79 Å². The number of nitrogens with one attached hydrogen (secondary N) is 1. The molecule has 0 aromatic carbocycles. The second-order valence-corrected chi connectivity index (χ2v) is 6.75. The van der Waals surface area contributed by atoms with Crippen LogP contribution in [0.3, 0.4) is 0 Å². The van der Waals surface area contributed by atoms with Gasteiger partial charge in [-0.05, 0) is 25.7 Å². The molecule has 0 spiro atoms. The van der Waals surface area contributed by atoms with Gasteiger partial charge >= 0.3 is 0 Å². The number of ether oxygens (including phenoxy) is 1. The third-order valence-electron chi connectivity index (χ3n) is 4.32. The van der Waals surface area contributed by atoms with E-state index < -0.39 is 0 Å². The summed E-state index contributed by atoms with van der Waals surface area (Å²) < 4.78 is 5.42. The van der Waals surface area contributed by atoms with Crippen molar-refractivity contribution in [3.63, 3.8) is 0 Å². The first-order chi connectivity index (χ1) is 10.2. The molecule has 2 aliphatic rings. The van der Waals surface area contributed by atoms with E-state index in [1.165, 1.54) is 11.3 Å². The van der Waals surface area contributed by atoms with Gasteiger partial charge in [0.25, 0.3) is 5.91 Å². The first kappa shape index (κ1) is 14.7. The summed E-state index contributed by atoms with van der Waals surface area (Å²) in [4.78, 5) is 19.2. The van der Waals surface area contributed by atoms with Crippen LogP contribution in [-0.4, -0.2) is 54.2 Å². The fraction of sp³-hybridized carbons (Fsp3) is 0.714. The Morgan fingerprint density at radius 1 is 1.33 bits per heavy atom. The first-order valence-electron chi connectivity index (χ1n) is 7.56. The summed E-state index contributed by atoms with van der Waals surface area (Å²) in [6.07, 6.45) is 5.84. The number of nitrogen functional groups attached to an aromatic ring is 1. The number of aromatic nitrogens is 1. The zero-order chi connectivity index (χ0) is 14.7. The number of piperidine rings is 1. The molecule has 0 atom stereocenters. The van der Waals surface area contributed by atoms with E-state index in [1.807, 2.05) is 0 Å². The number of rotatable bonds is 3. The molecule has 0 aliphatic carbocycles. The number of thiazole rings is 1. The number of anilines is 1. The number of likely N-dealkylation sites (tertiary alicyclic amines) is 1. The molecule has 1 aromatic rings. The topological polar surface area (TPSA) is 80.5 Å². The molecule has 1 amide bonds. The number of carbonyl (C=O) groups excluding carboxylic acids is 1. The van der Waals surface area contributed by atoms with E-state index in [0.29, 0.717) is 16.1 Å². The molecule has 21 heavy (non-hydrogen) atoms. The van der Waals surface area contributed by atoms with Crippen LogP contribution in [0.1, 0.15) is 35.4 Å². The van der Waals surface area contributed by atoms with E-state index in [1.54, 1.807) is 6.20 Å². The van der Waals surface area contributed by atoms with Crippen LogP contribution in [-0.2, 0) is 4.74 Å². The minimum Gasteiger partial charge on any atom is -0.381 e. The second kappa shape index (κ2) is 6.72. The Bertz CT molecular complexity index is 479. The largest absolute Gasteiger partial charge is 0.381 e. The van der Waals surface area contributed by atoms with Crippen molar-refractivity contribution in [1.29, 1.82) is 0 Å². The molecule has 0 unspecified atom stereocenters. The van der Waals surface area contributed by atoms with Crippen LogP contribution in [0.5, 0.6) is 0 Å². The minimum atomic E-state index is -0.0475. The monoisotopic (exact) mass is 310 g/mol. The molecule has 0 saturated carbocycles. The lowest BCUT2D eigenvalue weighted by Crippen LogP contribution is -2.49. The van der Waals surface area contributed by atoms with Gasteiger partial charge in [-0.25, -0.2) is 4.98 Å². The molecule has 2 fully saturated rings. The number of nitrogens with zero attached hydrogens (tertiary/aromatic N) is 2. The van der Waals surface area contributed by atoms with Crippen molar-refractivity contribution in [3.05, 3.63) is 11.1 Å². The van der Waals surface area contributed by atoms with E-state index in [0.717, 1.165) is 52.0 Å². The first-order valence-corrected chi connectivity index (χ1v) is 8.38. The predicted molar refractivity (Wildman–Crippen MR) is 82.4 cm³/mol. The molecular weight excluding hydrogens is 288 g/mol. The molecule has 0 bridgehead atoms. The van der Waals surface area contributed by atoms with Crippen LogP contribution in [0.2, 0.25) is 0 Å². The van der Waals surface area contributed by atoms with Gasteiger partial charge in [0.1, 0.15) is 4.88 Å². The molecular formula is C14H22N4O2S. The third kappa shape index (κ3) is 3.72. The van der Waals surface area contributed by atoms with Crippen LogP contribution >= 0.6 is 11.3 Å². The Labute approximate surface area is 128 Å². The molecule has 2 saturated heterocycles. The maximum atomic E-state index is 12.1. The Morgan fingerprint density at radius 3 is 2.67 bits per heavy atom. The van der Waals surface area contributed by atoms with Crippen molar-refractivity contribution in [2.45, 2.75) is 37.8 Å². The lowest BCUT2D eigenvalue weighted by atomic mass is 9.99. The summed E-state index contributed by atoms with van der Waals surface area (Å²) in [7, 11) is 0. The van der Waals surface area contributed by atoms with Crippen molar-refractivity contribution < 1.29 is 9.53 Å². The van der Waals surface area contributed by atoms with Crippen LogP contribution in [0.25, 0.3) is 0 Å². The average Bonchev–Trinajstić information content (AvgIpc) is 2.96.